The molecular formula is C17H17N3O4. The van der Waals surface area contributed by atoms with Crippen molar-refractivity contribution in [3.8, 4) is 5.75 Å². The first-order valence-electron chi connectivity index (χ1n) is 7.17. The molecule has 2 aromatic carbocycles. The minimum Gasteiger partial charge on any atom is -0.496 e. The molecule has 3 N–H and O–H groups in total. The molecule has 0 aliphatic rings. The first-order chi connectivity index (χ1) is 11.6. The SMILES string of the molecule is COc1ccccc1C(=O)NNC(=O)C(=O)NCc1ccccc1. The van der Waals surface area contributed by atoms with Crippen molar-refractivity contribution < 1.29 is 19.1 Å². The van der Waals surface area contributed by atoms with Crippen molar-refractivity contribution in [3.63, 3.8) is 0 Å². The van der Waals surface area contributed by atoms with Crippen LogP contribution in [0.2, 0.25) is 0 Å². The van der Waals surface area contributed by atoms with Crippen LogP contribution in [0.3, 0.4) is 0 Å². The van der Waals surface area contributed by atoms with Gasteiger partial charge in [0.15, 0.2) is 0 Å². The van der Waals surface area contributed by atoms with Crippen molar-refractivity contribution in [1.82, 2.24) is 16.2 Å². The Morgan fingerprint density at radius 1 is 0.875 bits per heavy atom. The predicted molar refractivity (Wildman–Crippen MR) is 86.9 cm³/mol. The summed E-state index contributed by atoms with van der Waals surface area (Å²) in [4.78, 5) is 35.4. The maximum atomic E-state index is 12.0. The van der Waals surface area contributed by atoms with Gasteiger partial charge >= 0.3 is 11.8 Å². The lowest BCUT2D eigenvalue weighted by Crippen LogP contribution is -2.48. The number of nitrogens with one attached hydrogen (secondary N) is 3. The van der Waals surface area contributed by atoms with Gasteiger partial charge < -0.3 is 10.1 Å². The number of hydrazine groups is 1. The second-order valence-corrected chi connectivity index (χ2v) is 4.78. The average Bonchev–Trinajstić information content (AvgIpc) is 2.64. The van der Waals surface area contributed by atoms with Gasteiger partial charge in [-0.15, -0.1) is 0 Å². The van der Waals surface area contributed by atoms with Crippen LogP contribution in [-0.2, 0) is 16.1 Å². The van der Waals surface area contributed by atoms with Crippen molar-refractivity contribution >= 4 is 17.7 Å². The second-order valence-electron chi connectivity index (χ2n) is 4.78. The molecule has 0 aromatic heterocycles. The first kappa shape index (κ1) is 17.0. The topological polar surface area (TPSA) is 96.5 Å². The summed E-state index contributed by atoms with van der Waals surface area (Å²) in [6.45, 7) is 0.216. The Bertz CT molecular complexity index is 732. The van der Waals surface area contributed by atoms with E-state index in [1.54, 1.807) is 18.2 Å². The van der Waals surface area contributed by atoms with E-state index in [4.69, 9.17) is 4.74 Å². The summed E-state index contributed by atoms with van der Waals surface area (Å²) in [6.07, 6.45) is 0. The van der Waals surface area contributed by atoms with Crippen molar-refractivity contribution in [2.45, 2.75) is 6.54 Å². The maximum Gasteiger partial charge on any atom is 0.327 e. The quantitative estimate of drug-likeness (QED) is 0.571. The number of benzene rings is 2. The fourth-order valence-corrected chi connectivity index (χ4v) is 1.93. The minimum absolute atomic E-state index is 0.216. The smallest absolute Gasteiger partial charge is 0.327 e. The highest BCUT2D eigenvalue weighted by Gasteiger charge is 2.16. The fraction of sp³-hybridized carbons (Fsp3) is 0.118. The van der Waals surface area contributed by atoms with Crippen LogP contribution in [0.4, 0.5) is 0 Å². The average molecular weight is 327 g/mol. The molecule has 0 aliphatic carbocycles. The monoisotopic (exact) mass is 327 g/mol. The standard InChI is InChI=1S/C17H17N3O4/c1-24-14-10-6-5-9-13(14)15(21)19-20-17(23)16(22)18-11-12-7-3-2-4-8-12/h2-10H,11H2,1H3,(H,18,22)(H,19,21)(H,20,23). The molecule has 7 heteroatoms. The van der Waals surface area contributed by atoms with Gasteiger partial charge in [0.1, 0.15) is 5.75 Å². The third-order valence-electron chi connectivity index (χ3n) is 3.14. The van der Waals surface area contributed by atoms with E-state index in [0.717, 1.165) is 5.56 Å². The molecule has 0 fully saturated rings. The Morgan fingerprint density at radius 2 is 1.54 bits per heavy atom. The lowest BCUT2D eigenvalue weighted by atomic mass is 10.2. The number of amides is 3. The minimum atomic E-state index is -0.964. The normalized spacial score (nSPS) is 9.71. The van der Waals surface area contributed by atoms with Gasteiger partial charge in [-0.25, -0.2) is 0 Å². The van der Waals surface area contributed by atoms with Crippen LogP contribution >= 0.6 is 0 Å². The number of methoxy groups -OCH3 is 1. The molecule has 0 aliphatic heterocycles. The molecule has 0 saturated heterocycles. The number of rotatable bonds is 4. The van der Waals surface area contributed by atoms with Crippen molar-refractivity contribution in [2.75, 3.05) is 7.11 Å². The molecule has 0 bridgehead atoms. The van der Waals surface area contributed by atoms with Gasteiger partial charge in [0.2, 0.25) is 0 Å². The highest BCUT2D eigenvalue weighted by atomic mass is 16.5. The molecule has 0 saturated carbocycles. The van der Waals surface area contributed by atoms with Crippen LogP contribution in [0.1, 0.15) is 15.9 Å². The highest BCUT2D eigenvalue weighted by molar-refractivity contribution is 6.35. The summed E-state index contributed by atoms with van der Waals surface area (Å²) >= 11 is 0. The third-order valence-corrected chi connectivity index (χ3v) is 3.14. The van der Waals surface area contributed by atoms with E-state index in [9.17, 15) is 14.4 Å². The van der Waals surface area contributed by atoms with Crippen LogP contribution in [0.25, 0.3) is 0 Å². The molecule has 0 atom stereocenters. The number of hydrogen-bond donors (Lipinski definition) is 3. The van der Waals surface area contributed by atoms with E-state index in [2.05, 4.69) is 16.2 Å². The molecule has 2 aromatic rings. The lowest BCUT2D eigenvalue weighted by Gasteiger charge is -2.10. The summed E-state index contributed by atoms with van der Waals surface area (Å²) in [5, 5.41) is 2.46. The second kappa shape index (κ2) is 8.33. The summed E-state index contributed by atoms with van der Waals surface area (Å²) in [5.74, 6) is -2.04. The van der Waals surface area contributed by atoms with Crippen molar-refractivity contribution in [3.05, 3.63) is 65.7 Å². The Kier molecular flexibility index (Phi) is 5.90. The fourth-order valence-electron chi connectivity index (χ4n) is 1.93. The number of hydrogen-bond acceptors (Lipinski definition) is 4. The van der Waals surface area contributed by atoms with E-state index >= 15 is 0 Å². The lowest BCUT2D eigenvalue weighted by molar-refractivity contribution is -0.139. The summed E-state index contributed by atoms with van der Waals surface area (Å²) in [6, 6.07) is 15.7. The zero-order valence-corrected chi connectivity index (χ0v) is 13.0. The predicted octanol–water partition coefficient (Wildman–Crippen LogP) is 0.773. The molecule has 124 valence electrons. The maximum absolute atomic E-state index is 12.0. The van der Waals surface area contributed by atoms with Gasteiger partial charge in [0.05, 0.1) is 12.7 Å². The molecule has 0 heterocycles. The Morgan fingerprint density at radius 3 is 2.25 bits per heavy atom. The van der Waals surface area contributed by atoms with Crippen LogP contribution in [0, 0.1) is 0 Å². The first-order valence-corrected chi connectivity index (χ1v) is 7.17. The van der Waals surface area contributed by atoms with E-state index in [-0.39, 0.29) is 12.1 Å². The number of carbonyl (C=O) groups is 3. The Hall–Kier alpha value is -3.35. The molecule has 0 radical (unpaired) electrons. The Balaban J connectivity index is 1.83. The van der Waals surface area contributed by atoms with E-state index in [0.29, 0.717) is 5.75 Å². The number of ether oxygens (including phenoxy) is 1. The van der Waals surface area contributed by atoms with Gasteiger partial charge in [-0.2, -0.15) is 0 Å². The molecule has 3 amide bonds. The largest absolute Gasteiger partial charge is 0.496 e. The summed E-state index contributed by atoms with van der Waals surface area (Å²) < 4.78 is 5.06. The van der Waals surface area contributed by atoms with Gasteiger partial charge in [-0.05, 0) is 17.7 Å². The van der Waals surface area contributed by atoms with Crippen LogP contribution in [-0.4, -0.2) is 24.8 Å². The van der Waals surface area contributed by atoms with Gasteiger partial charge in [0, 0.05) is 6.54 Å². The van der Waals surface area contributed by atoms with Crippen LogP contribution < -0.4 is 20.9 Å². The van der Waals surface area contributed by atoms with Crippen LogP contribution in [0.15, 0.2) is 54.6 Å². The molecular weight excluding hydrogens is 310 g/mol. The molecule has 2 rings (SSSR count). The molecule has 0 unspecified atom stereocenters. The van der Waals surface area contributed by atoms with Crippen molar-refractivity contribution in [1.29, 1.82) is 0 Å². The van der Waals surface area contributed by atoms with Gasteiger partial charge in [0.25, 0.3) is 5.91 Å². The summed E-state index contributed by atoms with van der Waals surface area (Å²) in [7, 11) is 1.43. The van der Waals surface area contributed by atoms with E-state index in [1.807, 2.05) is 30.3 Å². The zero-order valence-electron chi connectivity index (χ0n) is 13.0. The molecule has 24 heavy (non-hydrogen) atoms. The van der Waals surface area contributed by atoms with Crippen molar-refractivity contribution in [2.24, 2.45) is 0 Å². The summed E-state index contributed by atoms with van der Waals surface area (Å²) in [5.41, 5.74) is 5.33. The molecule has 0 spiro atoms. The molecule has 7 nitrogen and oxygen atoms in total. The van der Waals surface area contributed by atoms with Gasteiger partial charge in [-0.3, -0.25) is 25.2 Å². The third kappa shape index (κ3) is 4.57. The highest BCUT2D eigenvalue weighted by Crippen LogP contribution is 2.16. The number of carbonyl (C=O) groups excluding carboxylic acids is 3. The van der Waals surface area contributed by atoms with Gasteiger partial charge in [-0.1, -0.05) is 42.5 Å². The van der Waals surface area contributed by atoms with E-state index in [1.165, 1.54) is 13.2 Å². The Labute approximate surface area is 139 Å². The number of para-hydroxylation sites is 1. The van der Waals surface area contributed by atoms with E-state index < -0.39 is 17.7 Å². The zero-order chi connectivity index (χ0) is 17.4. The van der Waals surface area contributed by atoms with Crippen LogP contribution in [0.5, 0.6) is 5.75 Å².